The standard InChI is InChI=1S/C21H23BrN2O4S/c1-2-3-13-20(22)21(17-9-5-4-6-10-17)14-8-15-23(21)29(27,28)19-12-7-11-18(16-19)24(25)26/h2,4-7,9-12,16,20H,1,3,8,13-15H2/t20-,21-/m0/s1. The fraction of sp³-hybridized carbons (Fsp3) is 0.333. The Kier molecular flexibility index (Phi) is 6.55. The van der Waals surface area contributed by atoms with E-state index in [1.54, 1.807) is 0 Å². The van der Waals surface area contributed by atoms with E-state index in [0.29, 0.717) is 19.4 Å². The van der Waals surface area contributed by atoms with Gasteiger partial charge in [0.2, 0.25) is 10.0 Å². The maximum absolute atomic E-state index is 13.6. The summed E-state index contributed by atoms with van der Waals surface area (Å²) in [6.07, 6.45) is 4.66. The van der Waals surface area contributed by atoms with Gasteiger partial charge in [0.05, 0.1) is 15.4 Å². The molecule has 2 atom stereocenters. The molecule has 0 amide bonds. The minimum atomic E-state index is -3.95. The molecule has 3 rings (SSSR count). The molecule has 0 saturated carbocycles. The minimum absolute atomic E-state index is 0.0580. The van der Waals surface area contributed by atoms with Gasteiger partial charge in [-0.05, 0) is 37.3 Å². The predicted molar refractivity (Wildman–Crippen MR) is 116 cm³/mol. The first-order valence-corrected chi connectivity index (χ1v) is 11.8. The lowest BCUT2D eigenvalue weighted by molar-refractivity contribution is -0.385. The first-order chi connectivity index (χ1) is 13.8. The molecule has 1 saturated heterocycles. The van der Waals surface area contributed by atoms with Gasteiger partial charge in [-0.25, -0.2) is 8.42 Å². The van der Waals surface area contributed by atoms with E-state index in [1.165, 1.54) is 22.5 Å². The monoisotopic (exact) mass is 478 g/mol. The van der Waals surface area contributed by atoms with Crippen LogP contribution in [0.25, 0.3) is 0 Å². The number of nitro benzene ring substituents is 1. The van der Waals surface area contributed by atoms with Crippen molar-refractivity contribution in [2.45, 2.75) is 40.9 Å². The Bertz CT molecular complexity index is 997. The maximum atomic E-state index is 13.6. The van der Waals surface area contributed by atoms with Crippen LogP contribution in [0, 0.1) is 10.1 Å². The zero-order chi connectivity index (χ0) is 21.1. The number of rotatable bonds is 8. The molecule has 2 aromatic rings. The van der Waals surface area contributed by atoms with Gasteiger partial charge in [0, 0.05) is 23.5 Å². The third kappa shape index (κ3) is 4.01. The van der Waals surface area contributed by atoms with Gasteiger partial charge < -0.3 is 0 Å². The average Bonchev–Trinajstić information content (AvgIpc) is 3.20. The first-order valence-electron chi connectivity index (χ1n) is 9.42. The van der Waals surface area contributed by atoms with Gasteiger partial charge in [-0.15, -0.1) is 6.58 Å². The number of nitro groups is 1. The lowest BCUT2D eigenvalue weighted by Crippen LogP contribution is -2.50. The molecule has 154 valence electrons. The van der Waals surface area contributed by atoms with E-state index in [9.17, 15) is 18.5 Å². The largest absolute Gasteiger partial charge is 0.270 e. The Morgan fingerprint density at radius 1 is 1.24 bits per heavy atom. The Balaban J connectivity index is 2.13. The summed E-state index contributed by atoms with van der Waals surface area (Å²) >= 11 is 3.78. The molecule has 0 bridgehead atoms. The lowest BCUT2D eigenvalue weighted by Gasteiger charge is -2.42. The zero-order valence-corrected chi connectivity index (χ0v) is 18.3. The number of hydrogen-bond acceptors (Lipinski definition) is 4. The average molecular weight is 479 g/mol. The van der Waals surface area contributed by atoms with E-state index >= 15 is 0 Å². The van der Waals surface area contributed by atoms with Crippen LogP contribution in [-0.2, 0) is 15.6 Å². The summed E-state index contributed by atoms with van der Waals surface area (Å²) in [5, 5.41) is 11.2. The number of benzene rings is 2. The van der Waals surface area contributed by atoms with E-state index in [1.807, 2.05) is 36.4 Å². The number of sulfonamides is 1. The normalized spacial score (nSPS) is 21.0. The molecule has 1 aliphatic heterocycles. The molecule has 0 spiro atoms. The van der Waals surface area contributed by atoms with Crippen LogP contribution in [0.1, 0.15) is 31.2 Å². The summed E-state index contributed by atoms with van der Waals surface area (Å²) in [6, 6.07) is 14.9. The molecular formula is C21H23BrN2O4S. The van der Waals surface area contributed by atoms with Crippen molar-refractivity contribution in [2.24, 2.45) is 0 Å². The predicted octanol–water partition coefficient (Wildman–Crippen LogP) is 5.00. The first kappa shape index (κ1) is 21.7. The minimum Gasteiger partial charge on any atom is -0.258 e. The van der Waals surface area contributed by atoms with Gasteiger partial charge in [-0.3, -0.25) is 10.1 Å². The van der Waals surface area contributed by atoms with Gasteiger partial charge in [0.25, 0.3) is 5.69 Å². The fourth-order valence-electron chi connectivity index (χ4n) is 4.05. The van der Waals surface area contributed by atoms with Crippen LogP contribution in [-0.4, -0.2) is 29.0 Å². The summed E-state index contributed by atoms with van der Waals surface area (Å²) in [7, 11) is -3.95. The molecule has 2 aromatic carbocycles. The highest BCUT2D eigenvalue weighted by Gasteiger charge is 2.52. The second-order valence-electron chi connectivity index (χ2n) is 7.06. The molecule has 1 fully saturated rings. The summed E-state index contributed by atoms with van der Waals surface area (Å²) < 4.78 is 28.8. The molecule has 0 unspecified atom stereocenters. The number of non-ortho nitro benzene ring substituents is 1. The molecule has 0 aromatic heterocycles. The fourth-order valence-corrected chi connectivity index (χ4v) is 7.08. The van der Waals surface area contributed by atoms with Crippen LogP contribution < -0.4 is 0 Å². The molecule has 6 nitrogen and oxygen atoms in total. The highest BCUT2D eigenvalue weighted by atomic mass is 79.9. The van der Waals surface area contributed by atoms with Gasteiger partial charge in [0.1, 0.15) is 0 Å². The van der Waals surface area contributed by atoms with Gasteiger partial charge >= 0.3 is 0 Å². The SMILES string of the molecule is C=CCC[C@H](Br)[C@@]1(c2ccccc2)CCCN1S(=O)(=O)c1cccc([N+](=O)[O-])c1. The van der Waals surface area contributed by atoms with E-state index in [-0.39, 0.29) is 15.4 Å². The topological polar surface area (TPSA) is 80.5 Å². The molecule has 0 aliphatic carbocycles. The van der Waals surface area contributed by atoms with Crippen molar-refractivity contribution in [2.75, 3.05) is 6.54 Å². The van der Waals surface area contributed by atoms with Crippen molar-refractivity contribution in [3.05, 3.63) is 82.9 Å². The summed E-state index contributed by atoms with van der Waals surface area (Å²) in [5.74, 6) is 0. The van der Waals surface area contributed by atoms with E-state index in [4.69, 9.17) is 0 Å². The highest BCUT2D eigenvalue weighted by molar-refractivity contribution is 9.09. The lowest BCUT2D eigenvalue weighted by atomic mass is 9.83. The Morgan fingerprint density at radius 2 is 1.97 bits per heavy atom. The third-order valence-electron chi connectivity index (χ3n) is 5.40. The van der Waals surface area contributed by atoms with Crippen LogP contribution in [0.4, 0.5) is 5.69 Å². The molecule has 8 heteroatoms. The van der Waals surface area contributed by atoms with E-state index < -0.39 is 20.5 Å². The number of nitrogens with zero attached hydrogens (tertiary/aromatic N) is 2. The van der Waals surface area contributed by atoms with Crippen LogP contribution in [0.3, 0.4) is 0 Å². The molecule has 1 aliphatic rings. The number of alkyl halides is 1. The van der Waals surface area contributed by atoms with Gasteiger partial charge in [0.15, 0.2) is 0 Å². The number of hydrogen-bond donors (Lipinski definition) is 0. The summed E-state index contributed by atoms with van der Waals surface area (Å²) in [5.41, 5.74) is -0.0941. The molecule has 1 heterocycles. The van der Waals surface area contributed by atoms with Crippen molar-refractivity contribution in [1.29, 1.82) is 0 Å². The van der Waals surface area contributed by atoms with Crippen molar-refractivity contribution in [3.63, 3.8) is 0 Å². The maximum Gasteiger partial charge on any atom is 0.270 e. The Labute approximate surface area is 179 Å². The van der Waals surface area contributed by atoms with E-state index in [0.717, 1.165) is 24.5 Å². The van der Waals surface area contributed by atoms with Crippen molar-refractivity contribution < 1.29 is 13.3 Å². The van der Waals surface area contributed by atoms with Crippen molar-refractivity contribution in [3.8, 4) is 0 Å². The molecule has 29 heavy (non-hydrogen) atoms. The van der Waals surface area contributed by atoms with Crippen LogP contribution in [0.15, 0.2) is 72.1 Å². The quantitative estimate of drug-likeness (QED) is 0.231. The Morgan fingerprint density at radius 3 is 2.62 bits per heavy atom. The number of allylic oxidation sites excluding steroid dienone is 1. The van der Waals surface area contributed by atoms with Gasteiger partial charge in [-0.1, -0.05) is 58.4 Å². The van der Waals surface area contributed by atoms with Crippen LogP contribution >= 0.6 is 15.9 Å². The highest BCUT2D eigenvalue weighted by Crippen LogP contribution is 2.48. The summed E-state index contributed by atoms with van der Waals surface area (Å²) in [4.78, 5) is 10.4. The second kappa shape index (κ2) is 8.77. The third-order valence-corrected chi connectivity index (χ3v) is 8.55. The van der Waals surface area contributed by atoms with E-state index in [2.05, 4.69) is 22.5 Å². The molecule has 0 radical (unpaired) electrons. The second-order valence-corrected chi connectivity index (χ2v) is 10.0. The van der Waals surface area contributed by atoms with Crippen molar-refractivity contribution >= 4 is 31.6 Å². The Hall–Kier alpha value is -2.03. The van der Waals surface area contributed by atoms with Crippen LogP contribution in [0.2, 0.25) is 0 Å². The number of halogens is 1. The molecular weight excluding hydrogens is 456 g/mol. The van der Waals surface area contributed by atoms with Gasteiger partial charge in [-0.2, -0.15) is 4.31 Å². The van der Waals surface area contributed by atoms with Crippen LogP contribution in [0.5, 0.6) is 0 Å². The zero-order valence-electron chi connectivity index (χ0n) is 15.9. The summed E-state index contributed by atoms with van der Waals surface area (Å²) in [6.45, 7) is 4.14. The van der Waals surface area contributed by atoms with Crippen molar-refractivity contribution in [1.82, 2.24) is 4.31 Å². The molecule has 0 N–H and O–H groups in total. The smallest absolute Gasteiger partial charge is 0.258 e.